The molecule has 1 heterocycles. The van der Waals surface area contributed by atoms with Crippen LogP contribution in [0.2, 0.25) is 5.02 Å². The third kappa shape index (κ3) is 4.53. The van der Waals surface area contributed by atoms with Crippen LogP contribution < -0.4 is 0 Å². The molecule has 0 fully saturated rings. The molecule has 0 saturated carbocycles. The van der Waals surface area contributed by atoms with Gasteiger partial charge in [-0.25, -0.2) is 13.2 Å². The number of aryl methyl sites for hydroxylation is 1. The van der Waals surface area contributed by atoms with E-state index in [1.54, 1.807) is 0 Å². The van der Waals surface area contributed by atoms with E-state index in [-0.39, 0.29) is 28.0 Å². The molecule has 7 nitrogen and oxygen atoms in total. The van der Waals surface area contributed by atoms with Crippen molar-refractivity contribution in [2.24, 2.45) is 0 Å². The van der Waals surface area contributed by atoms with Crippen LogP contribution in [0, 0.1) is 6.92 Å². The van der Waals surface area contributed by atoms with Gasteiger partial charge in [-0.15, -0.1) is 10.2 Å². The molecule has 0 aliphatic heterocycles. The molecule has 9 heteroatoms. The topological polar surface area (TPSA) is 99.4 Å². The number of hydrogen-bond donors (Lipinski definition) is 0. The zero-order valence-electron chi connectivity index (χ0n) is 14.5. The third-order valence-electron chi connectivity index (χ3n) is 3.64. The summed E-state index contributed by atoms with van der Waals surface area (Å²) in [5.74, 6) is -0.377. The van der Waals surface area contributed by atoms with Gasteiger partial charge in [0.2, 0.25) is 5.89 Å². The maximum Gasteiger partial charge on any atom is 0.340 e. The quantitative estimate of drug-likeness (QED) is 0.598. The number of carbonyl (C=O) groups excluding carboxylic acids is 1. The number of carbonyl (C=O) groups is 1. The van der Waals surface area contributed by atoms with Crippen molar-refractivity contribution in [2.75, 3.05) is 6.26 Å². The van der Waals surface area contributed by atoms with Crippen LogP contribution >= 0.6 is 11.6 Å². The average Bonchev–Trinajstić information content (AvgIpc) is 3.08. The molecule has 0 aliphatic carbocycles. The van der Waals surface area contributed by atoms with Crippen LogP contribution in [-0.4, -0.2) is 30.8 Å². The second kappa shape index (κ2) is 7.50. The summed E-state index contributed by atoms with van der Waals surface area (Å²) < 4.78 is 33.9. The summed E-state index contributed by atoms with van der Waals surface area (Å²) in [7, 11) is -3.48. The first kappa shape index (κ1) is 19.1. The predicted molar refractivity (Wildman–Crippen MR) is 98.2 cm³/mol. The number of esters is 1. The molecule has 1 aromatic heterocycles. The fourth-order valence-corrected chi connectivity index (χ4v) is 3.15. The third-order valence-corrected chi connectivity index (χ3v) is 5.08. The lowest BCUT2D eigenvalue weighted by molar-refractivity contribution is 0.0438. The van der Waals surface area contributed by atoms with Gasteiger partial charge in [-0.2, -0.15) is 0 Å². The van der Waals surface area contributed by atoms with Gasteiger partial charge in [0, 0.05) is 11.8 Å². The molecule has 3 rings (SSSR count). The van der Waals surface area contributed by atoms with E-state index in [4.69, 9.17) is 20.8 Å². The summed E-state index contributed by atoms with van der Waals surface area (Å²) in [5.41, 5.74) is 1.74. The molecule has 0 bridgehead atoms. The lowest BCUT2D eigenvalue weighted by Crippen LogP contribution is -2.08. The number of rotatable bonds is 5. The molecular weight excluding hydrogens is 392 g/mol. The van der Waals surface area contributed by atoms with Gasteiger partial charge in [0.25, 0.3) is 5.89 Å². The first-order valence-corrected chi connectivity index (χ1v) is 10.1. The fourth-order valence-electron chi connectivity index (χ4n) is 2.30. The van der Waals surface area contributed by atoms with Gasteiger partial charge in [-0.05, 0) is 37.3 Å². The van der Waals surface area contributed by atoms with Crippen LogP contribution in [0.5, 0.6) is 0 Å². The maximum absolute atomic E-state index is 12.2. The standard InChI is InChI=1S/C18H15ClN2O5S/c1-11-4-3-5-12(8-11)17-21-20-16(26-17)10-25-18(22)14-9-13(27(2,23)24)6-7-15(14)19/h3-9H,10H2,1-2H3. The lowest BCUT2D eigenvalue weighted by Gasteiger charge is -2.06. The number of sulfone groups is 1. The SMILES string of the molecule is Cc1cccc(-c2nnc(COC(=O)c3cc(S(C)(=O)=O)ccc3Cl)o2)c1. The molecule has 0 aliphatic rings. The van der Waals surface area contributed by atoms with Crippen LogP contribution in [0.3, 0.4) is 0 Å². The van der Waals surface area contributed by atoms with Crippen LogP contribution in [0.1, 0.15) is 21.8 Å². The molecule has 140 valence electrons. The number of benzene rings is 2. The number of hydrogen-bond acceptors (Lipinski definition) is 7. The Balaban J connectivity index is 1.73. The van der Waals surface area contributed by atoms with Crippen LogP contribution in [-0.2, 0) is 21.2 Å². The minimum absolute atomic E-state index is 0.0293. The first-order chi connectivity index (χ1) is 12.7. The van der Waals surface area contributed by atoms with Crippen LogP contribution in [0.15, 0.2) is 51.8 Å². The van der Waals surface area contributed by atoms with Gasteiger partial charge in [0.05, 0.1) is 15.5 Å². The van der Waals surface area contributed by atoms with Gasteiger partial charge >= 0.3 is 5.97 Å². The van der Waals surface area contributed by atoms with Crippen molar-refractivity contribution in [3.63, 3.8) is 0 Å². The average molecular weight is 407 g/mol. The second-order valence-electron chi connectivity index (χ2n) is 5.86. The Morgan fingerprint density at radius 1 is 1.19 bits per heavy atom. The van der Waals surface area contributed by atoms with E-state index in [2.05, 4.69) is 10.2 Å². The summed E-state index contributed by atoms with van der Waals surface area (Å²) >= 11 is 5.97. The van der Waals surface area contributed by atoms with Gasteiger partial charge in [-0.1, -0.05) is 29.3 Å². The van der Waals surface area contributed by atoms with Crippen molar-refractivity contribution in [3.8, 4) is 11.5 Å². The van der Waals surface area contributed by atoms with Crippen molar-refractivity contribution < 1.29 is 22.4 Å². The molecule has 3 aromatic rings. The highest BCUT2D eigenvalue weighted by atomic mass is 35.5. The Bertz CT molecular complexity index is 1110. The Morgan fingerprint density at radius 2 is 1.96 bits per heavy atom. The van der Waals surface area contributed by atoms with Crippen molar-refractivity contribution in [1.82, 2.24) is 10.2 Å². The van der Waals surface area contributed by atoms with E-state index in [1.165, 1.54) is 18.2 Å². The Kier molecular flexibility index (Phi) is 5.29. The molecule has 2 aromatic carbocycles. The zero-order valence-corrected chi connectivity index (χ0v) is 16.0. The number of aromatic nitrogens is 2. The van der Waals surface area contributed by atoms with Gasteiger partial charge in [0.1, 0.15) is 0 Å². The molecule has 0 N–H and O–H groups in total. The lowest BCUT2D eigenvalue weighted by atomic mass is 10.1. The molecule has 0 unspecified atom stereocenters. The van der Waals surface area contributed by atoms with E-state index in [0.29, 0.717) is 5.89 Å². The van der Waals surface area contributed by atoms with E-state index >= 15 is 0 Å². The number of nitrogens with zero attached hydrogens (tertiary/aromatic N) is 2. The molecule has 27 heavy (non-hydrogen) atoms. The summed E-state index contributed by atoms with van der Waals surface area (Å²) in [5, 5.41) is 7.86. The molecule has 0 amide bonds. The van der Waals surface area contributed by atoms with Crippen molar-refractivity contribution in [1.29, 1.82) is 0 Å². The molecule has 0 saturated heterocycles. The van der Waals surface area contributed by atoms with Crippen molar-refractivity contribution >= 4 is 27.4 Å². The fraction of sp³-hybridized carbons (Fsp3) is 0.167. The minimum Gasteiger partial charge on any atom is -0.452 e. The van der Waals surface area contributed by atoms with Crippen LogP contribution in [0.4, 0.5) is 0 Å². The van der Waals surface area contributed by atoms with Gasteiger partial charge in [-0.3, -0.25) is 0 Å². The summed E-state index contributed by atoms with van der Waals surface area (Å²) in [4.78, 5) is 12.2. The second-order valence-corrected chi connectivity index (χ2v) is 8.28. The predicted octanol–water partition coefficient (Wildman–Crippen LogP) is 3.46. The highest BCUT2D eigenvalue weighted by Crippen LogP contribution is 2.23. The van der Waals surface area contributed by atoms with Gasteiger partial charge in [0.15, 0.2) is 16.4 Å². The van der Waals surface area contributed by atoms with E-state index in [1.807, 2.05) is 31.2 Å². The van der Waals surface area contributed by atoms with E-state index in [9.17, 15) is 13.2 Å². The van der Waals surface area contributed by atoms with E-state index in [0.717, 1.165) is 17.4 Å². The maximum atomic E-state index is 12.2. The minimum atomic E-state index is -3.48. The van der Waals surface area contributed by atoms with Gasteiger partial charge < -0.3 is 9.15 Å². The highest BCUT2D eigenvalue weighted by Gasteiger charge is 2.18. The van der Waals surface area contributed by atoms with E-state index < -0.39 is 15.8 Å². The number of halogens is 1. The molecule has 0 radical (unpaired) electrons. The van der Waals surface area contributed by atoms with Crippen LogP contribution in [0.25, 0.3) is 11.5 Å². The normalized spacial score (nSPS) is 11.4. The largest absolute Gasteiger partial charge is 0.452 e. The monoisotopic (exact) mass is 406 g/mol. The Hall–Kier alpha value is -2.71. The van der Waals surface area contributed by atoms with Crippen molar-refractivity contribution in [2.45, 2.75) is 18.4 Å². The Labute approximate surface area is 160 Å². The molecule has 0 atom stereocenters. The van der Waals surface area contributed by atoms with Crippen molar-refractivity contribution in [3.05, 3.63) is 64.5 Å². The molecule has 0 spiro atoms. The Morgan fingerprint density at radius 3 is 2.67 bits per heavy atom. The number of ether oxygens (including phenoxy) is 1. The molecular formula is C18H15ClN2O5S. The first-order valence-electron chi connectivity index (χ1n) is 7.80. The highest BCUT2D eigenvalue weighted by molar-refractivity contribution is 7.90. The smallest absolute Gasteiger partial charge is 0.340 e. The summed E-state index contributed by atoms with van der Waals surface area (Å²) in [6.07, 6.45) is 1.04. The summed E-state index contributed by atoms with van der Waals surface area (Å²) in [6.45, 7) is 1.67. The summed E-state index contributed by atoms with van der Waals surface area (Å²) in [6, 6.07) is 11.3. The zero-order chi connectivity index (χ0) is 19.6.